The third kappa shape index (κ3) is 10.1. The molecule has 0 aliphatic heterocycles. The number of nitrogens with zero attached hydrogens (tertiary/aromatic N) is 3. The van der Waals surface area contributed by atoms with Crippen molar-refractivity contribution in [1.29, 1.82) is 0 Å². The number of aromatic nitrogens is 2. The van der Waals surface area contributed by atoms with Gasteiger partial charge in [0.2, 0.25) is 0 Å². The number of hydrogen-bond acceptors (Lipinski definition) is 6. The summed E-state index contributed by atoms with van der Waals surface area (Å²) in [5.74, 6) is 0.587. The van der Waals surface area contributed by atoms with Gasteiger partial charge in [-0.25, -0.2) is 14.2 Å². The second-order valence-electron chi connectivity index (χ2n) is 12.2. The van der Waals surface area contributed by atoms with Crippen LogP contribution in [0.3, 0.4) is 0 Å². The molecular formula is C32H45ClFN3O4SSi. The van der Waals surface area contributed by atoms with Crippen LogP contribution >= 0.6 is 23.4 Å². The molecule has 43 heavy (non-hydrogen) atoms. The second kappa shape index (κ2) is 16.1. The maximum atomic E-state index is 14.3. The zero-order valence-corrected chi connectivity index (χ0v) is 29.1. The van der Waals surface area contributed by atoms with Gasteiger partial charge >= 0.3 is 6.09 Å². The van der Waals surface area contributed by atoms with E-state index in [9.17, 15) is 9.18 Å². The number of carbonyl (C=O) groups is 1. The molecule has 0 N–H and O–H groups in total. The molecule has 0 aliphatic rings. The average molecular weight is 650 g/mol. The highest BCUT2D eigenvalue weighted by Crippen LogP contribution is 2.35. The molecule has 11 heteroatoms. The van der Waals surface area contributed by atoms with Crippen molar-refractivity contribution in [2.24, 2.45) is 0 Å². The van der Waals surface area contributed by atoms with Gasteiger partial charge in [-0.2, -0.15) is 0 Å². The first-order valence-electron chi connectivity index (χ1n) is 14.6. The van der Waals surface area contributed by atoms with Gasteiger partial charge in [0.05, 0.1) is 17.3 Å². The van der Waals surface area contributed by atoms with E-state index in [0.29, 0.717) is 23.7 Å². The number of rotatable bonds is 15. The first kappa shape index (κ1) is 35.1. The maximum absolute atomic E-state index is 14.3. The lowest BCUT2D eigenvalue weighted by Gasteiger charge is -2.31. The van der Waals surface area contributed by atoms with E-state index in [1.165, 1.54) is 12.1 Å². The number of imidazole rings is 1. The number of methoxy groups -OCH3 is 1. The highest BCUT2D eigenvalue weighted by atomic mass is 35.5. The molecule has 0 spiro atoms. The molecular weight excluding hydrogens is 605 g/mol. The zero-order valence-electron chi connectivity index (χ0n) is 26.5. The lowest BCUT2D eigenvalue weighted by molar-refractivity contribution is 0.0439. The standard InChI is InChI=1S/C32H45ClFN3O4SSi/c1-22(2)37(23(3)4)32(38)41-29(25-14-15-27(34)26(33)18-25)30-35-31(42-20-24-12-10-9-11-13-24)28(19-39-5)36(30)21-40-16-17-43(6,7)8/h9-15,18,22-23,29H,16-17,19-21H2,1-8H3. The van der Waals surface area contributed by atoms with Crippen molar-refractivity contribution in [2.75, 3.05) is 13.7 Å². The molecule has 1 unspecified atom stereocenters. The molecule has 1 heterocycles. The van der Waals surface area contributed by atoms with E-state index in [4.69, 9.17) is 30.8 Å². The Balaban J connectivity index is 2.13. The Morgan fingerprint density at radius 3 is 2.35 bits per heavy atom. The third-order valence-corrected chi connectivity index (χ3v) is 9.88. The summed E-state index contributed by atoms with van der Waals surface area (Å²) in [6, 6.07) is 15.3. The topological polar surface area (TPSA) is 65.8 Å². The van der Waals surface area contributed by atoms with Crippen LogP contribution in [-0.4, -0.2) is 54.4 Å². The van der Waals surface area contributed by atoms with Gasteiger partial charge in [-0.15, -0.1) is 0 Å². The summed E-state index contributed by atoms with van der Waals surface area (Å²) in [6.45, 7) is 15.7. The summed E-state index contributed by atoms with van der Waals surface area (Å²) in [5.41, 5.74) is 2.46. The minimum absolute atomic E-state index is 0.0663. The van der Waals surface area contributed by atoms with E-state index in [1.54, 1.807) is 29.8 Å². The van der Waals surface area contributed by atoms with Crippen LogP contribution in [0.2, 0.25) is 30.7 Å². The molecule has 0 saturated heterocycles. The summed E-state index contributed by atoms with van der Waals surface area (Å²) >= 11 is 7.81. The maximum Gasteiger partial charge on any atom is 0.411 e. The number of hydrogen-bond donors (Lipinski definition) is 0. The molecule has 236 valence electrons. The van der Waals surface area contributed by atoms with Crippen molar-refractivity contribution in [3.8, 4) is 0 Å². The van der Waals surface area contributed by atoms with Gasteiger partial charge in [0.15, 0.2) is 11.9 Å². The van der Waals surface area contributed by atoms with Gasteiger partial charge in [-0.05, 0) is 51.4 Å². The minimum atomic E-state index is -1.33. The highest BCUT2D eigenvalue weighted by Gasteiger charge is 2.32. The second-order valence-corrected chi connectivity index (χ2v) is 19.2. The minimum Gasteiger partial charge on any atom is -0.433 e. The fourth-order valence-corrected chi connectivity index (χ4v) is 6.54. The third-order valence-electron chi connectivity index (χ3n) is 6.80. The van der Waals surface area contributed by atoms with E-state index in [1.807, 2.05) is 50.5 Å². The summed E-state index contributed by atoms with van der Waals surface area (Å²) in [4.78, 5) is 20.4. The number of benzene rings is 2. The Morgan fingerprint density at radius 2 is 1.77 bits per heavy atom. The highest BCUT2D eigenvalue weighted by molar-refractivity contribution is 7.98. The van der Waals surface area contributed by atoms with Crippen LogP contribution in [0, 0.1) is 5.82 Å². The van der Waals surface area contributed by atoms with Gasteiger partial charge < -0.3 is 23.7 Å². The van der Waals surface area contributed by atoms with Crippen LogP contribution in [0.15, 0.2) is 53.6 Å². The number of carbonyl (C=O) groups excluding carboxylic acids is 1. The molecule has 0 fully saturated rings. The van der Waals surface area contributed by atoms with Gasteiger partial charge in [0, 0.05) is 45.2 Å². The molecule has 3 rings (SSSR count). The SMILES string of the molecule is COCc1c(SCc2ccccc2)nc(C(OC(=O)N(C(C)C)C(C)C)c2ccc(F)c(Cl)c2)n1COCC[Si](C)(C)C. The lowest BCUT2D eigenvalue weighted by Crippen LogP contribution is -2.43. The summed E-state index contributed by atoms with van der Waals surface area (Å²) < 4.78 is 34.3. The molecule has 1 aromatic heterocycles. The molecule has 2 aromatic carbocycles. The molecule has 1 atom stereocenters. The van der Waals surface area contributed by atoms with E-state index < -0.39 is 26.1 Å². The molecule has 3 aromatic rings. The van der Waals surface area contributed by atoms with E-state index in [-0.39, 0.29) is 30.4 Å². The van der Waals surface area contributed by atoms with Crippen molar-refractivity contribution < 1.29 is 23.4 Å². The predicted octanol–water partition coefficient (Wildman–Crippen LogP) is 8.77. The molecule has 1 amide bonds. The van der Waals surface area contributed by atoms with Crippen LogP contribution in [-0.2, 0) is 33.3 Å². The summed E-state index contributed by atoms with van der Waals surface area (Å²) in [6.07, 6.45) is -1.48. The van der Waals surface area contributed by atoms with Gasteiger partial charge in [-0.3, -0.25) is 0 Å². The Kier molecular flexibility index (Phi) is 13.1. The van der Waals surface area contributed by atoms with Gasteiger partial charge in [-0.1, -0.05) is 79.4 Å². The fourth-order valence-electron chi connectivity index (χ4n) is 4.60. The molecule has 0 aliphatic carbocycles. The first-order valence-corrected chi connectivity index (χ1v) is 19.7. The van der Waals surface area contributed by atoms with Crippen LogP contribution in [0.4, 0.5) is 9.18 Å². The summed E-state index contributed by atoms with van der Waals surface area (Å²) in [7, 11) is 0.305. The van der Waals surface area contributed by atoms with Crippen LogP contribution in [0.5, 0.6) is 0 Å². The largest absolute Gasteiger partial charge is 0.433 e. The fraction of sp³-hybridized carbons (Fsp3) is 0.500. The number of thioether (sulfide) groups is 1. The quantitative estimate of drug-likeness (QED) is 0.0932. The predicted molar refractivity (Wildman–Crippen MR) is 175 cm³/mol. The molecule has 0 saturated carbocycles. The van der Waals surface area contributed by atoms with E-state index >= 15 is 0 Å². The van der Waals surface area contributed by atoms with Crippen molar-refractivity contribution in [3.63, 3.8) is 0 Å². The van der Waals surface area contributed by atoms with E-state index in [2.05, 4.69) is 31.8 Å². The Morgan fingerprint density at radius 1 is 1.09 bits per heavy atom. The van der Waals surface area contributed by atoms with Crippen molar-refractivity contribution in [2.45, 2.75) is 95.7 Å². The number of amides is 1. The average Bonchev–Trinajstić information content (AvgIpc) is 3.26. The van der Waals surface area contributed by atoms with Crippen LogP contribution in [0.25, 0.3) is 0 Å². The van der Waals surface area contributed by atoms with Crippen molar-refractivity contribution in [1.82, 2.24) is 14.5 Å². The molecule has 0 radical (unpaired) electrons. The first-order chi connectivity index (χ1) is 20.3. The Labute approximate surface area is 266 Å². The normalized spacial score (nSPS) is 12.7. The molecule has 0 bridgehead atoms. The van der Waals surface area contributed by atoms with Crippen molar-refractivity contribution in [3.05, 3.63) is 82.0 Å². The van der Waals surface area contributed by atoms with Gasteiger partial charge in [0.1, 0.15) is 17.6 Å². The zero-order chi connectivity index (χ0) is 31.7. The Bertz CT molecular complexity index is 1330. The lowest BCUT2D eigenvalue weighted by atomic mass is 10.1. The number of ether oxygens (including phenoxy) is 3. The Hall–Kier alpha value is -2.37. The molecule has 7 nitrogen and oxygen atoms in total. The number of halogens is 2. The van der Waals surface area contributed by atoms with Crippen LogP contribution < -0.4 is 0 Å². The van der Waals surface area contributed by atoms with Crippen LogP contribution in [0.1, 0.15) is 56.4 Å². The monoisotopic (exact) mass is 649 g/mol. The van der Waals surface area contributed by atoms with E-state index in [0.717, 1.165) is 22.3 Å². The summed E-state index contributed by atoms with van der Waals surface area (Å²) in [5, 5.41) is 0.678. The smallest absolute Gasteiger partial charge is 0.411 e. The van der Waals surface area contributed by atoms with Crippen molar-refractivity contribution >= 4 is 37.5 Å². The van der Waals surface area contributed by atoms with Gasteiger partial charge in [0.25, 0.3) is 0 Å².